The molecule has 234 valence electrons. The summed E-state index contributed by atoms with van der Waals surface area (Å²) < 4.78 is 0. The van der Waals surface area contributed by atoms with E-state index >= 15 is 0 Å². The van der Waals surface area contributed by atoms with Crippen LogP contribution in [0.15, 0.2) is 0 Å². The molecule has 0 bridgehead atoms. The first-order chi connectivity index (χ1) is 18.8. The Balaban J connectivity index is 3.86. The Labute approximate surface area is 245 Å². The molecule has 0 heterocycles. The second-order valence-corrected chi connectivity index (χ2v) is 13.0. The van der Waals surface area contributed by atoms with Crippen LogP contribution in [0.3, 0.4) is 0 Å². The quantitative estimate of drug-likeness (QED) is 0.162. The molecular weight excluding hydrogens is 504 g/mol. The molecule has 40 heavy (non-hydrogen) atoms. The molecule has 0 rings (SSSR count). The molecule has 0 saturated carbocycles. The molecule has 0 aromatic carbocycles. The number of unbranched alkanes of at least 4 members (excludes halogenated alkanes) is 5. The number of carbonyl (C=O) groups is 4. The summed E-state index contributed by atoms with van der Waals surface area (Å²) in [6.07, 6.45) is 7.19. The van der Waals surface area contributed by atoms with Crippen LogP contribution < -0.4 is 10.6 Å². The average molecular weight is 567 g/mol. The van der Waals surface area contributed by atoms with Gasteiger partial charge in [0.1, 0.15) is 0 Å². The van der Waals surface area contributed by atoms with Crippen molar-refractivity contribution in [2.45, 2.75) is 120 Å². The lowest BCUT2D eigenvalue weighted by atomic mass is 10.1. The third-order valence-corrected chi connectivity index (χ3v) is 6.43. The Hall–Kier alpha value is -2.12. The monoisotopic (exact) mass is 566 g/mol. The zero-order chi connectivity index (χ0) is 30.5. The van der Waals surface area contributed by atoms with Crippen LogP contribution in [-0.2, 0) is 19.2 Å². The van der Waals surface area contributed by atoms with E-state index in [-0.39, 0.29) is 49.3 Å². The van der Waals surface area contributed by atoms with Gasteiger partial charge in [-0.15, -0.1) is 0 Å². The van der Waals surface area contributed by atoms with Gasteiger partial charge >= 0.3 is 0 Å². The highest BCUT2D eigenvalue weighted by atomic mass is 16.2. The van der Waals surface area contributed by atoms with Gasteiger partial charge in [-0.2, -0.15) is 0 Å². The minimum atomic E-state index is -0.0487. The molecule has 0 fully saturated rings. The summed E-state index contributed by atoms with van der Waals surface area (Å²) in [5, 5.41) is 5.89. The van der Waals surface area contributed by atoms with Crippen molar-refractivity contribution in [3.63, 3.8) is 0 Å². The standard InChI is InChI=1S/C32H62N4O4/c1-25(2)21-35(22-26(3)4)31(39)17-15-29(37)33-19-13-11-9-10-12-14-20-34-30(38)16-18-32(40)36(23-27(5)6)24-28(7)8/h25-28H,9-24H2,1-8H3,(H,33,37)(H,34,38). The van der Waals surface area contributed by atoms with Gasteiger partial charge < -0.3 is 20.4 Å². The first kappa shape index (κ1) is 37.9. The van der Waals surface area contributed by atoms with E-state index < -0.39 is 0 Å². The number of hydrogen-bond donors (Lipinski definition) is 2. The molecule has 8 heteroatoms. The maximum absolute atomic E-state index is 12.5. The van der Waals surface area contributed by atoms with Gasteiger partial charge in [-0.25, -0.2) is 0 Å². The predicted molar refractivity (Wildman–Crippen MR) is 165 cm³/mol. The molecule has 0 aliphatic carbocycles. The Morgan fingerprint density at radius 2 is 0.725 bits per heavy atom. The van der Waals surface area contributed by atoms with Gasteiger partial charge in [0, 0.05) is 65.0 Å². The SMILES string of the molecule is CC(C)CN(CC(C)C)C(=O)CCC(=O)NCCCCCCCCNC(=O)CCC(=O)N(CC(C)C)CC(C)C. The van der Waals surface area contributed by atoms with Gasteiger partial charge in [0.15, 0.2) is 0 Å². The van der Waals surface area contributed by atoms with Crippen molar-refractivity contribution in [3.8, 4) is 0 Å². The number of hydrogen-bond acceptors (Lipinski definition) is 4. The Bertz CT molecular complexity index is 642. The van der Waals surface area contributed by atoms with Crippen molar-refractivity contribution < 1.29 is 19.2 Å². The maximum Gasteiger partial charge on any atom is 0.223 e. The van der Waals surface area contributed by atoms with E-state index in [4.69, 9.17) is 0 Å². The summed E-state index contributed by atoms with van der Waals surface area (Å²) in [6, 6.07) is 0. The van der Waals surface area contributed by atoms with Gasteiger partial charge in [0.05, 0.1) is 0 Å². The van der Waals surface area contributed by atoms with Crippen molar-refractivity contribution in [2.24, 2.45) is 23.7 Å². The summed E-state index contributed by atoms with van der Waals surface area (Å²) in [4.78, 5) is 53.1. The van der Waals surface area contributed by atoms with Crippen molar-refractivity contribution in [3.05, 3.63) is 0 Å². The van der Waals surface area contributed by atoms with E-state index in [0.717, 1.165) is 64.7 Å². The predicted octanol–water partition coefficient (Wildman–Crippen LogP) is 5.40. The summed E-state index contributed by atoms with van der Waals surface area (Å²) in [5.74, 6) is 1.69. The zero-order valence-corrected chi connectivity index (χ0v) is 27.2. The summed E-state index contributed by atoms with van der Waals surface area (Å²) in [6.45, 7) is 21.1. The Morgan fingerprint density at radius 3 is 1.00 bits per heavy atom. The average Bonchev–Trinajstić information content (AvgIpc) is 2.84. The highest BCUT2D eigenvalue weighted by molar-refractivity contribution is 5.84. The highest BCUT2D eigenvalue weighted by Crippen LogP contribution is 2.09. The van der Waals surface area contributed by atoms with E-state index in [9.17, 15) is 19.2 Å². The third-order valence-electron chi connectivity index (χ3n) is 6.43. The second kappa shape index (κ2) is 22.6. The lowest BCUT2D eigenvalue weighted by Gasteiger charge is -2.26. The lowest BCUT2D eigenvalue weighted by Crippen LogP contribution is -2.37. The maximum atomic E-state index is 12.5. The molecule has 0 aliphatic heterocycles. The second-order valence-electron chi connectivity index (χ2n) is 13.0. The van der Waals surface area contributed by atoms with E-state index in [2.05, 4.69) is 66.0 Å². The zero-order valence-electron chi connectivity index (χ0n) is 27.2. The number of rotatable bonds is 23. The van der Waals surface area contributed by atoms with Crippen LogP contribution in [0.25, 0.3) is 0 Å². The number of amides is 4. The first-order valence-corrected chi connectivity index (χ1v) is 15.9. The van der Waals surface area contributed by atoms with Crippen molar-refractivity contribution in [1.82, 2.24) is 20.4 Å². The molecule has 0 aliphatic rings. The number of nitrogens with one attached hydrogen (secondary N) is 2. The molecule has 0 aromatic rings. The van der Waals surface area contributed by atoms with Crippen LogP contribution in [0.2, 0.25) is 0 Å². The summed E-state index contributed by atoms with van der Waals surface area (Å²) in [7, 11) is 0. The van der Waals surface area contributed by atoms with E-state index in [0.29, 0.717) is 36.8 Å². The smallest absolute Gasteiger partial charge is 0.223 e. The van der Waals surface area contributed by atoms with Gasteiger partial charge in [-0.3, -0.25) is 19.2 Å². The van der Waals surface area contributed by atoms with Crippen LogP contribution in [-0.4, -0.2) is 72.7 Å². The van der Waals surface area contributed by atoms with Crippen LogP contribution >= 0.6 is 0 Å². The fourth-order valence-electron chi connectivity index (χ4n) is 4.67. The van der Waals surface area contributed by atoms with Crippen molar-refractivity contribution in [2.75, 3.05) is 39.3 Å². The van der Waals surface area contributed by atoms with Gasteiger partial charge in [0.25, 0.3) is 0 Å². The molecular formula is C32H62N4O4. The summed E-state index contributed by atoms with van der Waals surface area (Å²) in [5.41, 5.74) is 0. The molecule has 0 unspecified atom stereocenters. The van der Waals surface area contributed by atoms with Crippen LogP contribution in [0, 0.1) is 23.7 Å². The summed E-state index contributed by atoms with van der Waals surface area (Å²) >= 11 is 0. The molecule has 0 aromatic heterocycles. The first-order valence-electron chi connectivity index (χ1n) is 15.9. The van der Waals surface area contributed by atoms with Crippen molar-refractivity contribution >= 4 is 23.6 Å². The molecule has 4 amide bonds. The Morgan fingerprint density at radius 1 is 0.450 bits per heavy atom. The van der Waals surface area contributed by atoms with Crippen molar-refractivity contribution in [1.29, 1.82) is 0 Å². The van der Waals surface area contributed by atoms with Crippen LogP contribution in [0.5, 0.6) is 0 Å². The molecule has 8 nitrogen and oxygen atoms in total. The minimum Gasteiger partial charge on any atom is -0.356 e. The molecule has 0 spiro atoms. The molecule has 0 atom stereocenters. The lowest BCUT2D eigenvalue weighted by molar-refractivity contribution is -0.134. The fourth-order valence-corrected chi connectivity index (χ4v) is 4.67. The topological polar surface area (TPSA) is 98.8 Å². The van der Waals surface area contributed by atoms with Gasteiger partial charge in [0.2, 0.25) is 23.6 Å². The molecule has 0 saturated heterocycles. The molecule has 0 radical (unpaired) electrons. The van der Waals surface area contributed by atoms with E-state index in [1.54, 1.807) is 0 Å². The fraction of sp³-hybridized carbons (Fsp3) is 0.875. The van der Waals surface area contributed by atoms with Crippen LogP contribution in [0.1, 0.15) is 120 Å². The highest BCUT2D eigenvalue weighted by Gasteiger charge is 2.18. The van der Waals surface area contributed by atoms with Gasteiger partial charge in [-0.05, 0) is 36.5 Å². The molecule has 2 N–H and O–H groups in total. The number of nitrogens with zero attached hydrogens (tertiary/aromatic N) is 2. The third kappa shape index (κ3) is 21.7. The normalized spacial score (nSPS) is 11.4. The van der Waals surface area contributed by atoms with E-state index in [1.165, 1.54) is 0 Å². The van der Waals surface area contributed by atoms with E-state index in [1.807, 2.05) is 9.80 Å². The van der Waals surface area contributed by atoms with Crippen LogP contribution in [0.4, 0.5) is 0 Å². The van der Waals surface area contributed by atoms with Gasteiger partial charge in [-0.1, -0.05) is 81.1 Å². The number of carbonyl (C=O) groups excluding carboxylic acids is 4. The largest absolute Gasteiger partial charge is 0.356 e. The minimum absolute atomic E-state index is 0.0487. The Kier molecular flexibility index (Phi) is 21.4.